The van der Waals surface area contributed by atoms with E-state index in [9.17, 15) is 9.90 Å². The molecule has 0 saturated carbocycles. The number of β-amino-alcohol motifs (C(OH)–C–C–N with tert-alkyl or cyclic N) is 1. The Morgan fingerprint density at radius 2 is 2.26 bits per heavy atom. The molecule has 1 aromatic rings. The van der Waals surface area contributed by atoms with Gasteiger partial charge in [0.15, 0.2) is 5.13 Å². The fourth-order valence-electron chi connectivity index (χ4n) is 3.00. The van der Waals surface area contributed by atoms with Crippen molar-refractivity contribution < 1.29 is 9.90 Å². The summed E-state index contributed by atoms with van der Waals surface area (Å²) in [6.07, 6.45) is 0.578. The van der Waals surface area contributed by atoms with Crippen LogP contribution in [0.1, 0.15) is 31.3 Å². The van der Waals surface area contributed by atoms with Crippen LogP contribution in [0.4, 0.5) is 5.13 Å². The van der Waals surface area contributed by atoms with Crippen molar-refractivity contribution in [3.63, 3.8) is 0 Å². The van der Waals surface area contributed by atoms with Gasteiger partial charge in [0.25, 0.3) is 0 Å². The minimum absolute atomic E-state index is 0.00224. The number of amides is 1. The summed E-state index contributed by atoms with van der Waals surface area (Å²) in [5.41, 5.74) is 1.06. The Balaban J connectivity index is 1.82. The summed E-state index contributed by atoms with van der Waals surface area (Å²) >= 11 is 1.54. The fourth-order valence-corrected chi connectivity index (χ4v) is 3.91. The van der Waals surface area contributed by atoms with Crippen molar-refractivity contribution in [3.05, 3.63) is 10.6 Å². The number of hydrogen-bond acceptors (Lipinski definition) is 6. The zero-order valence-corrected chi connectivity index (χ0v) is 15.3. The van der Waals surface area contributed by atoms with Gasteiger partial charge in [-0.15, -0.1) is 11.3 Å². The second-order valence-corrected chi connectivity index (χ2v) is 7.55. The predicted molar refractivity (Wildman–Crippen MR) is 94.0 cm³/mol. The first kappa shape index (κ1) is 18.3. The van der Waals surface area contributed by atoms with Crippen molar-refractivity contribution in [2.45, 2.75) is 46.3 Å². The largest absolute Gasteiger partial charge is 0.392 e. The van der Waals surface area contributed by atoms with Crippen molar-refractivity contribution in [2.75, 3.05) is 38.0 Å². The van der Waals surface area contributed by atoms with Crippen LogP contribution in [-0.2, 0) is 11.2 Å². The predicted octanol–water partition coefficient (Wildman–Crippen LogP) is 1.34. The number of anilines is 1. The third kappa shape index (κ3) is 5.24. The molecule has 130 valence electrons. The first-order valence-electron chi connectivity index (χ1n) is 8.29. The second kappa shape index (κ2) is 8.19. The highest BCUT2D eigenvalue weighted by Crippen LogP contribution is 2.22. The van der Waals surface area contributed by atoms with Gasteiger partial charge >= 0.3 is 0 Å². The van der Waals surface area contributed by atoms with Gasteiger partial charge in [0.05, 0.1) is 18.3 Å². The Morgan fingerprint density at radius 3 is 2.83 bits per heavy atom. The number of piperazine rings is 1. The Bertz CT molecular complexity index is 532. The maximum atomic E-state index is 12.2. The van der Waals surface area contributed by atoms with Crippen molar-refractivity contribution in [1.82, 2.24) is 14.8 Å². The van der Waals surface area contributed by atoms with Crippen LogP contribution in [0.25, 0.3) is 0 Å². The van der Waals surface area contributed by atoms with Crippen LogP contribution in [-0.4, -0.2) is 70.7 Å². The smallest absolute Gasteiger partial charge is 0.240 e. The normalized spacial score (nSPS) is 21.3. The molecule has 2 atom stereocenters. The van der Waals surface area contributed by atoms with E-state index in [4.69, 9.17) is 0 Å². The first-order valence-corrected chi connectivity index (χ1v) is 9.11. The molecule has 0 aliphatic carbocycles. The summed E-state index contributed by atoms with van der Waals surface area (Å²) in [6, 6.07) is 0.347. The summed E-state index contributed by atoms with van der Waals surface area (Å²) in [6.45, 7) is 11.7. The molecule has 6 nitrogen and oxygen atoms in total. The van der Waals surface area contributed by atoms with E-state index in [0.29, 0.717) is 24.3 Å². The molecule has 0 radical (unpaired) electrons. The van der Waals surface area contributed by atoms with E-state index in [0.717, 1.165) is 31.7 Å². The lowest BCUT2D eigenvalue weighted by Gasteiger charge is -2.40. The summed E-state index contributed by atoms with van der Waals surface area (Å²) in [7, 11) is 0. The Kier molecular flexibility index (Phi) is 6.52. The number of carbonyl (C=O) groups excluding carboxylic acids is 1. The molecule has 1 aliphatic rings. The highest BCUT2D eigenvalue weighted by atomic mass is 32.1. The molecular formula is C16H28N4O2S. The van der Waals surface area contributed by atoms with Crippen molar-refractivity contribution in [3.8, 4) is 0 Å². The Labute approximate surface area is 142 Å². The van der Waals surface area contributed by atoms with E-state index in [1.54, 1.807) is 0 Å². The lowest BCUT2D eigenvalue weighted by molar-refractivity contribution is -0.118. The van der Waals surface area contributed by atoms with Crippen molar-refractivity contribution in [2.24, 2.45) is 0 Å². The average Bonchev–Trinajstić information content (AvgIpc) is 2.81. The van der Waals surface area contributed by atoms with Gasteiger partial charge in [-0.25, -0.2) is 4.98 Å². The zero-order chi connectivity index (χ0) is 17.0. The number of nitrogens with one attached hydrogen (secondary N) is 1. The average molecular weight is 340 g/mol. The van der Waals surface area contributed by atoms with Crippen LogP contribution in [0.15, 0.2) is 0 Å². The first-order chi connectivity index (χ1) is 10.9. The van der Waals surface area contributed by atoms with Crippen LogP contribution in [0.5, 0.6) is 0 Å². The number of aliphatic hydroxyl groups is 1. The number of carbonyl (C=O) groups is 1. The van der Waals surface area contributed by atoms with Gasteiger partial charge in [-0.1, -0.05) is 6.92 Å². The number of rotatable bonds is 6. The highest BCUT2D eigenvalue weighted by molar-refractivity contribution is 7.15. The maximum Gasteiger partial charge on any atom is 0.240 e. The molecule has 2 heterocycles. The lowest BCUT2D eigenvalue weighted by Crippen LogP contribution is -2.54. The third-order valence-electron chi connectivity index (χ3n) is 4.19. The summed E-state index contributed by atoms with van der Waals surface area (Å²) in [5.74, 6) is -0.00224. The topological polar surface area (TPSA) is 68.7 Å². The molecule has 2 rings (SSSR count). The van der Waals surface area contributed by atoms with Crippen LogP contribution in [0, 0.1) is 6.92 Å². The molecule has 7 heteroatoms. The van der Waals surface area contributed by atoms with E-state index in [1.807, 2.05) is 13.8 Å². The van der Waals surface area contributed by atoms with E-state index >= 15 is 0 Å². The molecule has 2 unspecified atom stereocenters. The summed E-state index contributed by atoms with van der Waals surface area (Å²) in [5, 5.41) is 13.1. The molecule has 1 aromatic heterocycles. The van der Waals surface area contributed by atoms with Crippen molar-refractivity contribution in [1.29, 1.82) is 0 Å². The number of hydrogen-bond donors (Lipinski definition) is 2. The van der Waals surface area contributed by atoms with Gasteiger partial charge in [-0.05, 0) is 27.2 Å². The molecule has 2 N–H and O–H groups in total. The number of nitrogens with zero attached hydrogens (tertiary/aromatic N) is 3. The second-order valence-electron chi connectivity index (χ2n) is 6.35. The van der Waals surface area contributed by atoms with Gasteiger partial charge in [-0.3, -0.25) is 14.6 Å². The minimum atomic E-state index is -0.312. The molecule has 1 amide bonds. The Morgan fingerprint density at radius 1 is 1.52 bits per heavy atom. The molecule has 1 fully saturated rings. The molecule has 0 aromatic carbocycles. The van der Waals surface area contributed by atoms with Gasteiger partial charge in [0.1, 0.15) is 0 Å². The number of aromatic nitrogens is 1. The molecule has 0 spiro atoms. The van der Waals surface area contributed by atoms with Gasteiger partial charge in [0.2, 0.25) is 5.91 Å². The zero-order valence-electron chi connectivity index (χ0n) is 14.5. The standard InChI is InChI=1S/C16H28N4O2S/c1-5-14-13(4)23-16(17-14)18-15(22)10-19-6-7-20(9-12(3)21)11(2)8-19/h11-12,21H,5-10H2,1-4H3,(H,17,18,22). The van der Waals surface area contributed by atoms with E-state index in [1.165, 1.54) is 16.2 Å². The van der Waals surface area contributed by atoms with E-state index in [-0.39, 0.29) is 12.0 Å². The van der Waals surface area contributed by atoms with Crippen LogP contribution < -0.4 is 5.32 Å². The Hall–Kier alpha value is -1.02. The molecule has 1 aliphatic heterocycles. The molecule has 0 bridgehead atoms. The monoisotopic (exact) mass is 340 g/mol. The van der Waals surface area contributed by atoms with Gasteiger partial charge in [-0.2, -0.15) is 0 Å². The van der Waals surface area contributed by atoms with Crippen LogP contribution >= 0.6 is 11.3 Å². The number of thiazole rings is 1. The quantitative estimate of drug-likeness (QED) is 0.818. The van der Waals surface area contributed by atoms with E-state index in [2.05, 4.69) is 33.9 Å². The fraction of sp³-hybridized carbons (Fsp3) is 0.750. The molecular weight excluding hydrogens is 312 g/mol. The van der Waals surface area contributed by atoms with Gasteiger partial charge < -0.3 is 10.4 Å². The minimum Gasteiger partial charge on any atom is -0.392 e. The van der Waals surface area contributed by atoms with Gasteiger partial charge in [0, 0.05) is 37.1 Å². The van der Waals surface area contributed by atoms with Crippen molar-refractivity contribution >= 4 is 22.4 Å². The van der Waals surface area contributed by atoms with Crippen LogP contribution in [0.3, 0.4) is 0 Å². The molecule has 1 saturated heterocycles. The summed E-state index contributed by atoms with van der Waals surface area (Å²) in [4.78, 5) is 22.3. The van der Waals surface area contributed by atoms with Crippen LogP contribution in [0.2, 0.25) is 0 Å². The number of aryl methyl sites for hydroxylation is 2. The lowest BCUT2D eigenvalue weighted by atomic mass is 10.1. The number of aliphatic hydroxyl groups excluding tert-OH is 1. The SMILES string of the molecule is CCc1nc(NC(=O)CN2CCN(CC(C)O)C(C)C2)sc1C. The highest BCUT2D eigenvalue weighted by Gasteiger charge is 2.25. The van der Waals surface area contributed by atoms with E-state index < -0.39 is 0 Å². The maximum absolute atomic E-state index is 12.2. The third-order valence-corrected chi connectivity index (χ3v) is 5.12. The summed E-state index contributed by atoms with van der Waals surface area (Å²) < 4.78 is 0. The molecule has 23 heavy (non-hydrogen) atoms.